The fraction of sp³-hybridized carbons (Fsp3) is 0.417. The Morgan fingerprint density at radius 2 is 2.44 bits per heavy atom. The largest absolute Gasteiger partial charge is 0.328 e. The molecule has 2 heterocycles. The van der Waals surface area contributed by atoms with Gasteiger partial charge in [0.2, 0.25) is 0 Å². The van der Waals surface area contributed by atoms with Crippen molar-refractivity contribution >= 4 is 11.0 Å². The summed E-state index contributed by atoms with van der Waals surface area (Å²) in [6, 6.07) is 6.38. The van der Waals surface area contributed by atoms with Crippen molar-refractivity contribution < 1.29 is 4.84 Å². The first kappa shape index (κ1) is 9.81. The standard InChI is InChI=1S/C12H15N3O/c1-16-13-8-9-4-5-10-11(7-9)15-6-2-3-12(15)14-10/h4-5,7,13H,2-3,6,8H2,1H3. The molecule has 1 N–H and O–H groups in total. The van der Waals surface area contributed by atoms with Gasteiger partial charge in [-0.05, 0) is 24.1 Å². The topological polar surface area (TPSA) is 39.1 Å². The van der Waals surface area contributed by atoms with E-state index in [0.717, 1.165) is 25.0 Å². The molecule has 0 saturated heterocycles. The third kappa shape index (κ3) is 1.50. The molecule has 0 aliphatic carbocycles. The van der Waals surface area contributed by atoms with E-state index in [-0.39, 0.29) is 0 Å². The van der Waals surface area contributed by atoms with Crippen LogP contribution in [-0.4, -0.2) is 16.7 Å². The van der Waals surface area contributed by atoms with Crippen LogP contribution >= 0.6 is 0 Å². The minimum absolute atomic E-state index is 0.729. The predicted octanol–water partition coefficient (Wildman–Crippen LogP) is 1.63. The van der Waals surface area contributed by atoms with Gasteiger partial charge < -0.3 is 9.40 Å². The molecule has 0 bridgehead atoms. The lowest BCUT2D eigenvalue weighted by atomic mass is 10.2. The molecule has 0 radical (unpaired) electrons. The van der Waals surface area contributed by atoms with Crippen molar-refractivity contribution in [3.8, 4) is 0 Å². The van der Waals surface area contributed by atoms with Crippen LogP contribution in [0.15, 0.2) is 18.2 Å². The summed E-state index contributed by atoms with van der Waals surface area (Å²) in [4.78, 5) is 9.49. The Balaban J connectivity index is 2.02. The van der Waals surface area contributed by atoms with E-state index < -0.39 is 0 Å². The Hall–Kier alpha value is -1.39. The van der Waals surface area contributed by atoms with Crippen molar-refractivity contribution in [2.24, 2.45) is 0 Å². The molecule has 0 fully saturated rings. The number of aromatic nitrogens is 2. The van der Waals surface area contributed by atoms with E-state index in [2.05, 4.69) is 33.2 Å². The Kier molecular flexibility index (Phi) is 2.38. The van der Waals surface area contributed by atoms with E-state index in [1.807, 2.05) is 0 Å². The van der Waals surface area contributed by atoms with Gasteiger partial charge in [-0.1, -0.05) is 6.07 Å². The van der Waals surface area contributed by atoms with Crippen LogP contribution in [0.2, 0.25) is 0 Å². The number of fused-ring (bicyclic) bond motifs is 3. The van der Waals surface area contributed by atoms with E-state index in [1.165, 1.54) is 23.3 Å². The predicted molar refractivity (Wildman–Crippen MR) is 61.9 cm³/mol. The van der Waals surface area contributed by atoms with Crippen LogP contribution in [0.25, 0.3) is 11.0 Å². The van der Waals surface area contributed by atoms with Crippen molar-refractivity contribution in [2.45, 2.75) is 25.9 Å². The molecule has 84 valence electrons. The highest BCUT2D eigenvalue weighted by molar-refractivity contribution is 5.77. The second-order valence-electron chi connectivity index (χ2n) is 4.13. The van der Waals surface area contributed by atoms with Crippen molar-refractivity contribution in [1.29, 1.82) is 0 Å². The Morgan fingerprint density at radius 3 is 3.31 bits per heavy atom. The Morgan fingerprint density at radius 1 is 1.50 bits per heavy atom. The number of hydrogen-bond acceptors (Lipinski definition) is 3. The molecule has 0 atom stereocenters. The summed E-state index contributed by atoms with van der Waals surface area (Å²) in [6.07, 6.45) is 2.33. The van der Waals surface area contributed by atoms with Crippen LogP contribution in [0, 0.1) is 0 Å². The molecule has 1 aromatic carbocycles. The number of imidazole rings is 1. The lowest BCUT2D eigenvalue weighted by Gasteiger charge is -2.03. The van der Waals surface area contributed by atoms with Gasteiger partial charge in [0.1, 0.15) is 5.82 Å². The number of aryl methyl sites for hydroxylation is 2. The fourth-order valence-electron chi connectivity index (χ4n) is 2.32. The quantitative estimate of drug-likeness (QED) is 0.794. The minimum atomic E-state index is 0.729. The molecule has 4 nitrogen and oxygen atoms in total. The van der Waals surface area contributed by atoms with E-state index >= 15 is 0 Å². The summed E-state index contributed by atoms with van der Waals surface area (Å²) in [5.41, 5.74) is 6.45. The van der Waals surface area contributed by atoms with Gasteiger partial charge in [-0.3, -0.25) is 0 Å². The SMILES string of the molecule is CONCc1ccc2nc3n(c2c1)CCC3. The third-order valence-corrected chi connectivity index (χ3v) is 3.09. The summed E-state index contributed by atoms with van der Waals surface area (Å²) < 4.78 is 2.33. The van der Waals surface area contributed by atoms with Crippen molar-refractivity contribution in [2.75, 3.05) is 7.11 Å². The summed E-state index contributed by atoms with van der Waals surface area (Å²) in [7, 11) is 1.63. The smallest absolute Gasteiger partial charge is 0.109 e. The molecule has 3 rings (SSSR count). The van der Waals surface area contributed by atoms with Crippen LogP contribution in [0.4, 0.5) is 0 Å². The lowest BCUT2D eigenvalue weighted by molar-refractivity contribution is 0.0867. The number of nitrogens with one attached hydrogen (secondary N) is 1. The molecule has 1 aliphatic heterocycles. The fourth-order valence-corrected chi connectivity index (χ4v) is 2.32. The Labute approximate surface area is 94.2 Å². The first-order valence-corrected chi connectivity index (χ1v) is 5.62. The van der Waals surface area contributed by atoms with Gasteiger partial charge in [0.25, 0.3) is 0 Å². The van der Waals surface area contributed by atoms with Crippen LogP contribution in [0.5, 0.6) is 0 Å². The van der Waals surface area contributed by atoms with Crippen molar-refractivity contribution in [1.82, 2.24) is 15.0 Å². The van der Waals surface area contributed by atoms with E-state index in [0.29, 0.717) is 0 Å². The van der Waals surface area contributed by atoms with Gasteiger partial charge in [0, 0.05) is 19.5 Å². The Bertz CT molecular complexity index is 518. The van der Waals surface area contributed by atoms with Crippen LogP contribution < -0.4 is 5.48 Å². The molecule has 1 aromatic heterocycles. The summed E-state index contributed by atoms with van der Waals surface area (Å²) in [5.74, 6) is 1.23. The maximum absolute atomic E-state index is 4.86. The van der Waals surface area contributed by atoms with E-state index in [1.54, 1.807) is 7.11 Å². The van der Waals surface area contributed by atoms with Crippen molar-refractivity contribution in [3.63, 3.8) is 0 Å². The summed E-state index contributed by atoms with van der Waals surface area (Å²) in [6.45, 7) is 1.83. The first-order valence-electron chi connectivity index (χ1n) is 5.62. The average molecular weight is 217 g/mol. The highest BCUT2D eigenvalue weighted by Crippen LogP contribution is 2.23. The highest BCUT2D eigenvalue weighted by Gasteiger charge is 2.15. The van der Waals surface area contributed by atoms with E-state index in [4.69, 9.17) is 4.84 Å². The molecule has 2 aromatic rings. The normalized spacial score (nSPS) is 14.6. The second-order valence-corrected chi connectivity index (χ2v) is 4.13. The third-order valence-electron chi connectivity index (χ3n) is 3.09. The number of rotatable bonds is 3. The molecule has 1 aliphatic rings. The van der Waals surface area contributed by atoms with Gasteiger partial charge in [-0.15, -0.1) is 0 Å². The zero-order valence-corrected chi connectivity index (χ0v) is 9.36. The van der Waals surface area contributed by atoms with E-state index in [9.17, 15) is 0 Å². The zero-order valence-electron chi connectivity index (χ0n) is 9.36. The molecule has 4 heteroatoms. The number of nitrogens with zero attached hydrogens (tertiary/aromatic N) is 2. The monoisotopic (exact) mass is 217 g/mol. The molecular weight excluding hydrogens is 202 g/mol. The number of hydrogen-bond donors (Lipinski definition) is 1. The van der Waals surface area contributed by atoms with Crippen LogP contribution in [0.3, 0.4) is 0 Å². The van der Waals surface area contributed by atoms with Gasteiger partial charge >= 0.3 is 0 Å². The molecule has 0 amide bonds. The van der Waals surface area contributed by atoms with Gasteiger partial charge in [0.15, 0.2) is 0 Å². The summed E-state index contributed by atoms with van der Waals surface area (Å²) in [5, 5.41) is 0. The number of benzene rings is 1. The highest BCUT2D eigenvalue weighted by atomic mass is 16.6. The maximum atomic E-state index is 4.86. The maximum Gasteiger partial charge on any atom is 0.109 e. The van der Waals surface area contributed by atoms with Crippen molar-refractivity contribution in [3.05, 3.63) is 29.6 Å². The zero-order chi connectivity index (χ0) is 11.0. The van der Waals surface area contributed by atoms with Crippen LogP contribution in [-0.2, 0) is 24.3 Å². The average Bonchev–Trinajstić information content (AvgIpc) is 2.86. The first-order chi connectivity index (χ1) is 7.88. The molecular formula is C12H15N3O. The lowest BCUT2D eigenvalue weighted by Crippen LogP contribution is -2.10. The molecule has 0 unspecified atom stereocenters. The second kappa shape index (κ2) is 3.88. The molecule has 0 saturated carbocycles. The van der Waals surface area contributed by atoms with Crippen LogP contribution in [0.1, 0.15) is 17.8 Å². The molecule has 16 heavy (non-hydrogen) atoms. The van der Waals surface area contributed by atoms with Gasteiger partial charge in [-0.2, -0.15) is 5.48 Å². The molecule has 0 spiro atoms. The van der Waals surface area contributed by atoms with Gasteiger partial charge in [-0.25, -0.2) is 4.98 Å². The van der Waals surface area contributed by atoms with Gasteiger partial charge in [0.05, 0.1) is 18.1 Å². The minimum Gasteiger partial charge on any atom is -0.328 e. The number of hydroxylamine groups is 1. The summed E-state index contributed by atoms with van der Waals surface area (Å²) >= 11 is 0.